The van der Waals surface area contributed by atoms with Crippen molar-refractivity contribution in [3.8, 4) is 5.75 Å². The highest BCUT2D eigenvalue weighted by atomic mass is 16.5. The van der Waals surface area contributed by atoms with E-state index in [1.54, 1.807) is 13.8 Å². The Morgan fingerprint density at radius 1 is 1.10 bits per heavy atom. The zero-order chi connectivity index (χ0) is 15.6. The van der Waals surface area contributed by atoms with Crippen LogP contribution >= 0.6 is 0 Å². The van der Waals surface area contributed by atoms with Crippen molar-refractivity contribution in [1.82, 2.24) is 0 Å². The summed E-state index contributed by atoms with van der Waals surface area (Å²) in [5.41, 5.74) is -0.166. The monoisotopic (exact) mass is 288 g/mol. The molecular formula is C18H24O3. The van der Waals surface area contributed by atoms with Gasteiger partial charge in [0.15, 0.2) is 0 Å². The number of rotatable bonds is 5. The van der Waals surface area contributed by atoms with E-state index in [4.69, 9.17) is 4.74 Å². The Bertz CT molecular complexity index is 615. The smallest absolute Gasteiger partial charge is 0.133 e. The lowest BCUT2D eigenvalue weighted by Crippen LogP contribution is -2.38. The minimum atomic E-state index is -0.910. The van der Waals surface area contributed by atoms with E-state index in [9.17, 15) is 10.2 Å². The summed E-state index contributed by atoms with van der Waals surface area (Å²) < 4.78 is 5.93. The molecule has 0 fully saturated rings. The van der Waals surface area contributed by atoms with E-state index in [1.165, 1.54) is 0 Å². The molecule has 0 aromatic heterocycles. The Labute approximate surface area is 126 Å². The number of aliphatic hydroxyl groups excluding tert-OH is 1. The molecule has 2 unspecified atom stereocenters. The molecule has 0 amide bonds. The quantitative estimate of drug-likeness (QED) is 0.882. The van der Waals surface area contributed by atoms with Gasteiger partial charge in [0, 0.05) is 10.9 Å². The van der Waals surface area contributed by atoms with E-state index in [2.05, 4.69) is 0 Å². The van der Waals surface area contributed by atoms with Gasteiger partial charge in [-0.05, 0) is 25.2 Å². The summed E-state index contributed by atoms with van der Waals surface area (Å²) in [5, 5.41) is 22.3. The number of fused-ring (bicyclic) bond motifs is 1. The molecule has 114 valence electrons. The number of aliphatic hydroxyl groups is 2. The molecule has 0 aliphatic carbocycles. The minimum absolute atomic E-state index is 0.0856. The lowest BCUT2D eigenvalue weighted by atomic mass is 9.93. The van der Waals surface area contributed by atoms with Crippen LogP contribution in [0, 0.1) is 5.92 Å². The van der Waals surface area contributed by atoms with Gasteiger partial charge in [0.05, 0.1) is 11.7 Å². The summed E-state index contributed by atoms with van der Waals surface area (Å²) in [6.07, 6.45) is -0.617. The Morgan fingerprint density at radius 2 is 1.76 bits per heavy atom. The van der Waals surface area contributed by atoms with E-state index in [1.807, 2.05) is 50.2 Å². The van der Waals surface area contributed by atoms with Crippen molar-refractivity contribution in [2.24, 2.45) is 5.92 Å². The van der Waals surface area contributed by atoms with Gasteiger partial charge in [-0.15, -0.1) is 0 Å². The van der Waals surface area contributed by atoms with Crippen LogP contribution in [0.4, 0.5) is 0 Å². The van der Waals surface area contributed by atoms with Gasteiger partial charge in [0.25, 0.3) is 0 Å². The summed E-state index contributed by atoms with van der Waals surface area (Å²) in [6, 6.07) is 11.8. The maximum absolute atomic E-state index is 10.4. The number of benzene rings is 2. The predicted octanol–water partition coefficient (Wildman–Crippen LogP) is 3.68. The fourth-order valence-corrected chi connectivity index (χ4v) is 2.13. The topological polar surface area (TPSA) is 49.7 Å². The molecule has 3 heteroatoms. The maximum Gasteiger partial charge on any atom is 0.133 e. The van der Waals surface area contributed by atoms with Crippen LogP contribution in [0.3, 0.4) is 0 Å². The molecule has 0 saturated carbocycles. The first-order valence-corrected chi connectivity index (χ1v) is 7.38. The van der Waals surface area contributed by atoms with Gasteiger partial charge in [-0.2, -0.15) is 0 Å². The molecule has 0 aliphatic heterocycles. The largest absolute Gasteiger partial charge is 0.490 e. The fraction of sp³-hybridized carbons (Fsp3) is 0.444. The molecule has 0 saturated heterocycles. The van der Waals surface area contributed by atoms with Crippen LogP contribution in [-0.4, -0.2) is 22.4 Å². The van der Waals surface area contributed by atoms with Crippen LogP contribution in [0.25, 0.3) is 10.8 Å². The van der Waals surface area contributed by atoms with Crippen molar-refractivity contribution >= 4 is 10.8 Å². The van der Waals surface area contributed by atoms with Gasteiger partial charge < -0.3 is 14.9 Å². The Kier molecular flexibility index (Phi) is 4.55. The van der Waals surface area contributed by atoms with Crippen molar-refractivity contribution < 1.29 is 14.9 Å². The first-order chi connectivity index (χ1) is 9.83. The molecule has 0 radical (unpaired) electrons. The third kappa shape index (κ3) is 3.36. The fourth-order valence-electron chi connectivity index (χ4n) is 2.13. The van der Waals surface area contributed by atoms with E-state index in [-0.39, 0.29) is 12.5 Å². The predicted molar refractivity (Wildman–Crippen MR) is 85.5 cm³/mol. The summed E-state index contributed by atoms with van der Waals surface area (Å²) in [5.74, 6) is 0.742. The maximum atomic E-state index is 10.4. The second-order valence-electron chi connectivity index (χ2n) is 6.18. The first-order valence-electron chi connectivity index (χ1n) is 7.38. The van der Waals surface area contributed by atoms with Crippen LogP contribution in [-0.2, 0) is 0 Å². The van der Waals surface area contributed by atoms with Crippen molar-refractivity contribution in [2.45, 2.75) is 39.4 Å². The third-order valence-corrected chi connectivity index (χ3v) is 4.11. The summed E-state index contributed by atoms with van der Waals surface area (Å²) in [6.45, 7) is 7.60. The molecule has 2 N–H and O–H groups in total. The minimum Gasteiger partial charge on any atom is -0.490 e. The molecule has 0 bridgehead atoms. The molecular weight excluding hydrogens is 264 g/mol. The van der Waals surface area contributed by atoms with Crippen LogP contribution in [0.5, 0.6) is 5.75 Å². The molecule has 2 rings (SSSR count). The second kappa shape index (κ2) is 6.04. The van der Waals surface area contributed by atoms with Gasteiger partial charge >= 0.3 is 0 Å². The molecule has 2 atom stereocenters. The van der Waals surface area contributed by atoms with Gasteiger partial charge in [0.1, 0.15) is 12.4 Å². The summed E-state index contributed by atoms with van der Waals surface area (Å²) in [4.78, 5) is 0. The number of hydrogen-bond donors (Lipinski definition) is 2. The van der Waals surface area contributed by atoms with Crippen LogP contribution in [0.1, 0.15) is 39.4 Å². The highest BCUT2D eigenvalue weighted by Gasteiger charge is 2.27. The average Bonchev–Trinajstić information content (AvgIpc) is 2.44. The molecule has 2 aromatic carbocycles. The summed E-state index contributed by atoms with van der Waals surface area (Å²) in [7, 11) is 0. The van der Waals surface area contributed by atoms with Gasteiger partial charge in [-0.25, -0.2) is 0 Å². The third-order valence-electron chi connectivity index (χ3n) is 4.11. The Morgan fingerprint density at radius 3 is 2.38 bits per heavy atom. The van der Waals surface area contributed by atoms with Crippen molar-refractivity contribution in [1.29, 1.82) is 0 Å². The lowest BCUT2D eigenvalue weighted by molar-refractivity contribution is -0.0269. The number of ether oxygens (including phenoxy) is 1. The molecule has 0 heterocycles. The van der Waals surface area contributed by atoms with E-state index in [0.717, 1.165) is 16.3 Å². The SMILES string of the molecule is CC(O)c1ccc2ccccc2c1OCC(C)(O)C(C)C. The van der Waals surface area contributed by atoms with Crippen molar-refractivity contribution in [3.63, 3.8) is 0 Å². The second-order valence-corrected chi connectivity index (χ2v) is 6.18. The van der Waals surface area contributed by atoms with E-state index in [0.29, 0.717) is 5.75 Å². The molecule has 0 spiro atoms. The van der Waals surface area contributed by atoms with Crippen LogP contribution < -0.4 is 4.74 Å². The van der Waals surface area contributed by atoms with Gasteiger partial charge in [-0.1, -0.05) is 50.2 Å². The molecule has 0 aliphatic rings. The van der Waals surface area contributed by atoms with E-state index < -0.39 is 11.7 Å². The van der Waals surface area contributed by atoms with Gasteiger partial charge in [-0.3, -0.25) is 0 Å². The highest BCUT2D eigenvalue weighted by molar-refractivity contribution is 5.89. The molecule has 2 aromatic rings. The van der Waals surface area contributed by atoms with Crippen LogP contribution in [0.2, 0.25) is 0 Å². The standard InChI is InChI=1S/C18H24O3/c1-12(2)18(4,20)11-21-17-15(13(3)19)10-9-14-7-5-6-8-16(14)17/h5-10,12-13,19-20H,11H2,1-4H3. The zero-order valence-corrected chi connectivity index (χ0v) is 13.1. The highest BCUT2D eigenvalue weighted by Crippen LogP contribution is 2.34. The average molecular weight is 288 g/mol. The van der Waals surface area contributed by atoms with Gasteiger partial charge in [0.2, 0.25) is 0 Å². The Hall–Kier alpha value is -1.58. The lowest BCUT2D eigenvalue weighted by Gasteiger charge is -2.28. The van der Waals surface area contributed by atoms with Crippen molar-refractivity contribution in [2.75, 3.05) is 6.61 Å². The van der Waals surface area contributed by atoms with E-state index >= 15 is 0 Å². The van der Waals surface area contributed by atoms with Crippen LogP contribution in [0.15, 0.2) is 36.4 Å². The summed E-state index contributed by atoms with van der Waals surface area (Å²) >= 11 is 0. The number of hydrogen-bond acceptors (Lipinski definition) is 3. The normalized spacial score (nSPS) is 16.0. The first kappa shape index (κ1) is 15.8. The molecule has 21 heavy (non-hydrogen) atoms. The Balaban J connectivity index is 2.42. The van der Waals surface area contributed by atoms with Crippen molar-refractivity contribution in [3.05, 3.63) is 42.0 Å². The molecule has 3 nitrogen and oxygen atoms in total. The zero-order valence-electron chi connectivity index (χ0n) is 13.1.